The van der Waals surface area contributed by atoms with Gasteiger partial charge in [0.2, 0.25) is 15.9 Å². The molecule has 0 saturated carbocycles. The third kappa shape index (κ3) is 5.48. The normalized spacial score (nSPS) is 12.4. The van der Waals surface area contributed by atoms with E-state index in [4.69, 9.17) is 16.3 Å². The Hall–Kier alpha value is -2.77. The number of amides is 1. The van der Waals surface area contributed by atoms with E-state index in [-0.39, 0.29) is 13.2 Å². The first kappa shape index (κ1) is 22.9. The average molecular weight is 461 g/mol. The van der Waals surface area contributed by atoms with E-state index in [1.165, 1.54) is 6.92 Å². The van der Waals surface area contributed by atoms with Crippen LogP contribution in [0.5, 0.6) is 5.75 Å². The van der Waals surface area contributed by atoms with Crippen LogP contribution in [-0.2, 0) is 14.8 Å². The van der Waals surface area contributed by atoms with Gasteiger partial charge in [-0.1, -0.05) is 54.1 Å². The summed E-state index contributed by atoms with van der Waals surface area (Å²) in [5.74, 6) is 0.302. The van der Waals surface area contributed by atoms with E-state index >= 15 is 0 Å². The molecule has 0 aliphatic carbocycles. The highest BCUT2D eigenvalue weighted by Crippen LogP contribution is 2.27. The van der Waals surface area contributed by atoms with Crippen LogP contribution in [0.25, 0.3) is 10.8 Å². The van der Waals surface area contributed by atoms with Gasteiger partial charge in [0.25, 0.3) is 0 Å². The van der Waals surface area contributed by atoms with Crippen LogP contribution in [0, 0.1) is 6.92 Å². The van der Waals surface area contributed by atoms with Crippen LogP contribution >= 0.6 is 11.6 Å². The van der Waals surface area contributed by atoms with Crippen LogP contribution < -0.4 is 14.4 Å². The van der Waals surface area contributed by atoms with E-state index in [0.717, 1.165) is 32.6 Å². The smallest absolute Gasteiger partial charge is 0.243 e. The minimum Gasteiger partial charge on any atom is -0.491 e. The molecule has 0 radical (unpaired) electrons. The number of hydrogen-bond acceptors (Lipinski definition) is 4. The third-order valence-electron chi connectivity index (χ3n) is 4.91. The highest BCUT2D eigenvalue weighted by atomic mass is 35.5. The van der Waals surface area contributed by atoms with Gasteiger partial charge >= 0.3 is 0 Å². The number of aryl methyl sites for hydroxylation is 1. The minimum atomic E-state index is -3.71. The molecule has 0 aliphatic heterocycles. The van der Waals surface area contributed by atoms with Gasteiger partial charge in [0.1, 0.15) is 18.4 Å². The summed E-state index contributed by atoms with van der Waals surface area (Å²) in [6.07, 6.45) is 1.06. The third-order valence-corrected chi connectivity index (χ3v) is 6.56. The summed E-state index contributed by atoms with van der Waals surface area (Å²) < 4.78 is 31.7. The second-order valence-corrected chi connectivity index (χ2v) is 9.55. The van der Waals surface area contributed by atoms with Crippen LogP contribution in [-0.4, -0.2) is 39.8 Å². The lowest BCUT2D eigenvalue weighted by Crippen LogP contribution is -2.48. The highest BCUT2D eigenvalue weighted by Gasteiger charge is 2.29. The topological polar surface area (TPSA) is 75.7 Å². The fourth-order valence-electron chi connectivity index (χ4n) is 3.33. The maximum absolute atomic E-state index is 12.7. The largest absolute Gasteiger partial charge is 0.491 e. The second-order valence-electron chi connectivity index (χ2n) is 7.29. The summed E-state index contributed by atoms with van der Waals surface area (Å²) in [5.41, 5.74) is 1.16. The molecule has 0 spiro atoms. The lowest BCUT2D eigenvalue weighted by Gasteiger charge is -2.28. The molecule has 0 saturated heterocycles. The van der Waals surface area contributed by atoms with Gasteiger partial charge in [0.05, 0.1) is 18.5 Å². The fraction of sp³-hybridized carbons (Fsp3) is 0.261. The Kier molecular flexibility index (Phi) is 7.08. The van der Waals surface area contributed by atoms with Gasteiger partial charge in [-0.15, -0.1) is 0 Å². The van der Waals surface area contributed by atoms with Crippen molar-refractivity contribution >= 4 is 44.0 Å². The van der Waals surface area contributed by atoms with Crippen LogP contribution in [0.15, 0.2) is 60.7 Å². The Morgan fingerprint density at radius 3 is 2.55 bits per heavy atom. The van der Waals surface area contributed by atoms with Crippen LogP contribution in [0.1, 0.15) is 12.5 Å². The summed E-state index contributed by atoms with van der Waals surface area (Å²) in [4.78, 5) is 12.7. The number of carbonyl (C=O) groups excluding carboxylic acids is 1. The molecule has 1 unspecified atom stereocenters. The Bertz CT molecular complexity index is 1190. The number of benzene rings is 3. The Morgan fingerprint density at radius 1 is 1.13 bits per heavy atom. The molecule has 1 atom stereocenters. The zero-order valence-corrected chi connectivity index (χ0v) is 19.2. The zero-order valence-electron chi connectivity index (χ0n) is 17.6. The number of anilines is 1. The number of nitrogens with zero attached hydrogens (tertiary/aromatic N) is 1. The van der Waals surface area contributed by atoms with Crippen LogP contribution in [0.2, 0.25) is 5.02 Å². The predicted molar refractivity (Wildman–Crippen MR) is 125 cm³/mol. The monoisotopic (exact) mass is 460 g/mol. The summed E-state index contributed by atoms with van der Waals surface area (Å²) in [7, 11) is -3.71. The number of ether oxygens (including phenoxy) is 1. The second kappa shape index (κ2) is 9.58. The zero-order chi connectivity index (χ0) is 22.6. The van der Waals surface area contributed by atoms with Crippen molar-refractivity contribution in [1.29, 1.82) is 0 Å². The Morgan fingerprint density at radius 2 is 1.84 bits per heavy atom. The maximum atomic E-state index is 12.7. The van der Waals surface area contributed by atoms with E-state index in [1.54, 1.807) is 18.2 Å². The van der Waals surface area contributed by atoms with Crippen molar-refractivity contribution in [3.63, 3.8) is 0 Å². The number of rotatable bonds is 8. The van der Waals surface area contributed by atoms with Crippen molar-refractivity contribution in [2.75, 3.05) is 23.7 Å². The van der Waals surface area contributed by atoms with E-state index in [2.05, 4.69) is 5.32 Å². The number of halogens is 1. The van der Waals surface area contributed by atoms with Gasteiger partial charge < -0.3 is 10.1 Å². The number of sulfonamides is 1. The van der Waals surface area contributed by atoms with Gasteiger partial charge in [-0.25, -0.2) is 8.42 Å². The van der Waals surface area contributed by atoms with Crippen molar-refractivity contribution in [2.24, 2.45) is 0 Å². The maximum Gasteiger partial charge on any atom is 0.243 e. The van der Waals surface area contributed by atoms with Crippen molar-refractivity contribution in [3.05, 3.63) is 71.2 Å². The average Bonchev–Trinajstić information content (AvgIpc) is 2.72. The summed E-state index contributed by atoms with van der Waals surface area (Å²) in [5, 5.41) is 5.24. The van der Waals surface area contributed by atoms with Crippen molar-refractivity contribution in [3.8, 4) is 5.75 Å². The lowest BCUT2D eigenvalue weighted by molar-refractivity contribution is -0.121. The number of fused-ring (bicyclic) bond motifs is 1. The quantitative estimate of drug-likeness (QED) is 0.512. The molecule has 3 rings (SSSR count). The molecule has 0 aromatic heterocycles. The van der Waals surface area contributed by atoms with Crippen LogP contribution in [0.4, 0.5) is 5.69 Å². The van der Waals surface area contributed by atoms with Gasteiger partial charge in [-0.3, -0.25) is 9.10 Å². The molecule has 0 fully saturated rings. The molecular formula is C23H25ClN2O4S. The molecule has 0 aliphatic rings. The Balaban J connectivity index is 1.65. The number of carbonyl (C=O) groups is 1. The SMILES string of the molecule is Cc1ccc(N(C(C)C(=O)NCCOc2cccc3ccccc23)S(C)(=O)=O)cc1Cl. The van der Waals surface area contributed by atoms with E-state index in [9.17, 15) is 13.2 Å². The molecular weight excluding hydrogens is 436 g/mol. The standard InChI is InChI=1S/C23H25ClN2O4S/c1-16-11-12-19(15-21(16)24)26(31(3,28)29)17(2)23(27)25-13-14-30-22-10-6-8-18-7-4-5-9-20(18)22/h4-12,15,17H,13-14H2,1-3H3,(H,25,27). The highest BCUT2D eigenvalue weighted by molar-refractivity contribution is 7.92. The van der Waals surface area contributed by atoms with Gasteiger partial charge in [0, 0.05) is 10.4 Å². The molecule has 0 heterocycles. The molecule has 164 valence electrons. The van der Waals surface area contributed by atoms with Crippen molar-refractivity contribution in [1.82, 2.24) is 5.32 Å². The number of nitrogens with one attached hydrogen (secondary N) is 1. The number of hydrogen-bond donors (Lipinski definition) is 1. The minimum absolute atomic E-state index is 0.235. The summed E-state index contributed by atoms with van der Waals surface area (Å²) in [6, 6.07) is 17.6. The van der Waals surface area contributed by atoms with Crippen molar-refractivity contribution in [2.45, 2.75) is 19.9 Å². The molecule has 6 nitrogen and oxygen atoms in total. The first-order valence-electron chi connectivity index (χ1n) is 9.82. The summed E-state index contributed by atoms with van der Waals surface area (Å²) >= 11 is 6.16. The predicted octanol–water partition coefficient (Wildman–Crippen LogP) is 4.15. The first-order valence-corrected chi connectivity index (χ1v) is 12.0. The molecule has 3 aromatic rings. The van der Waals surface area contributed by atoms with E-state index < -0.39 is 22.0 Å². The fourth-order valence-corrected chi connectivity index (χ4v) is 4.67. The molecule has 31 heavy (non-hydrogen) atoms. The molecule has 3 aromatic carbocycles. The van der Waals surface area contributed by atoms with Gasteiger partial charge in [-0.2, -0.15) is 0 Å². The van der Waals surface area contributed by atoms with Crippen LogP contribution in [0.3, 0.4) is 0 Å². The molecule has 8 heteroatoms. The van der Waals surface area contributed by atoms with Crippen molar-refractivity contribution < 1.29 is 17.9 Å². The van der Waals surface area contributed by atoms with Gasteiger partial charge in [-0.05, 0) is 43.0 Å². The first-order chi connectivity index (χ1) is 14.7. The van der Waals surface area contributed by atoms with E-state index in [0.29, 0.717) is 10.7 Å². The Labute approximate surface area is 187 Å². The molecule has 1 N–H and O–H groups in total. The molecule has 1 amide bonds. The van der Waals surface area contributed by atoms with E-state index in [1.807, 2.05) is 49.4 Å². The summed E-state index contributed by atoms with van der Waals surface area (Å²) in [6.45, 7) is 3.85. The molecule has 0 bridgehead atoms. The lowest BCUT2D eigenvalue weighted by atomic mass is 10.1. The van der Waals surface area contributed by atoms with Gasteiger partial charge in [0.15, 0.2) is 0 Å².